The van der Waals surface area contributed by atoms with Crippen LogP contribution < -0.4 is 10.6 Å². The van der Waals surface area contributed by atoms with E-state index in [1.165, 1.54) is 4.68 Å². The van der Waals surface area contributed by atoms with Gasteiger partial charge in [-0.2, -0.15) is 0 Å². The molecule has 4 aromatic rings. The first kappa shape index (κ1) is 20.1. The summed E-state index contributed by atoms with van der Waals surface area (Å²) in [6.45, 7) is 6.29. The van der Waals surface area contributed by atoms with Crippen molar-refractivity contribution in [3.05, 3.63) is 69.1 Å². The lowest BCUT2D eigenvalue weighted by atomic mass is 9.99. The molecule has 0 amide bonds. The lowest BCUT2D eigenvalue weighted by Crippen LogP contribution is -2.47. The zero-order chi connectivity index (χ0) is 21.7. The zero-order valence-electron chi connectivity index (χ0n) is 17.2. The average molecular weight is 454 g/mol. The Balaban J connectivity index is 1.88. The van der Waals surface area contributed by atoms with Gasteiger partial charge in [0.2, 0.25) is 5.95 Å². The number of nitrogens with zero attached hydrogens (tertiary/aromatic N) is 5. The van der Waals surface area contributed by atoms with E-state index in [9.17, 15) is 4.79 Å². The minimum atomic E-state index is -0.183. The maximum Gasteiger partial charge on any atom is 0.353 e. The van der Waals surface area contributed by atoms with E-state index in [0.717, 1.165) is 35.5 Å². The predicted octanol–water partition coefficient (Wildman–Crippen LogP) is 5.01. The lowest BCUT2D eigenvalue weighted by molar-refractivity contribution is 0.437. The summed E-state index contributed by atoms with van der Waals surface area (Å²) in [5.74, 6) is 1.18. The van der Waals surface area contributed by atoms with Crippen LogP contribution in [0.1, 0.15) is 13.8 Å². The molecule has 31 heavy (non-hydrogen) atoms. The molecular weight excluding hydrogens is 433 g/mol. The molecule has 158 valence electrons. The van der Waals surface area contributed by atoms with E-state index < -0.39 is 0 Å². The number of aryl methyl sites for hydroxylation is 1. The molecule has 0 spiro atoms. The van der Waals surface area contributed by atoms with E-state index in [1.54, 1.807) is 4.40 Å². The number of aromatic nitrogens is 4. The molecule has 0 aliphatic carbocycles. The molecule has 5 rings (SSSR count). The molecule has 0 unspecified atom stereocenters. The second-order valence-corrected chi connectivity index (χ2v) is 8.79. The smallest absolute Gasteiger partial charge is 0.341 e. The van der Waals surface area contributed by atoms with Crippen LogP contribution in [0.3, 0.4) is 0 Å². The minimum Gasteiger partial charge on any atom is -0.341 e. The molecule has 6 nitrogen and oxygen atoms in total. The first-order valence-corrected chi connectivity index (χ1v) is 11.0. The van der Waals surface area contributed by atoms with Crippen molar-refractivity contribution in [3.8, 4) is 22.4 Å². The molecule has 1 aliphatic heterocycles. The monoisotopic (exact) mass is 453 g/mol. The molecule has 0 bridgehead atoms. The standard InChI is InChI=1S/C23H21Cl2N5O/c1-3-29-23(31)30-21(27-29)19(15-4-8-17(24)9-5-15)20(16-6-10-18(25)11-7-16)26-22(30)28-12-14(2)13-28/h4-11,14H,3,12-13H2,1-2H3. The Bertz CT molecular complexity index is 1320. The van der Waals surface area contributed by atoms with Crippen LogP contribution in [-0.2, 0) is 6.54 Å². The molecule has 1 aliphatic rings. The number of halogens is 2. The summed E-state index contributed by atoms with van der Waals surface area (Å²) in [6.07, 6.45) is 0. The van der Waals surface area contributed by atoms with Crippen molar-refractivity contribution in [3.63, 3.8) is 0 Å². The largest absolute Gasteiger partial charge is 0.353 e. The zero-order valence-corrected chi connectivity index (χ0v) is 18.7. The predicted molar refractivity (Wildman–Crippen MR) is 125 cm³/mol. The van der Waals surface area contributed by atoms with Crippen LogP contribution in [0.2, 0.25) is 10.0 Å². The topological polar surface area (TPSA) is 55.4 Å². The summed E-state index contributed by atoms with van der Waals surface area (Å²) in [5.41, 5.74) is 3.75. The van der Waals surface area contributed by atoms with Gasteiger partial charge in [0.05, 0.1) is 11.3 Å². The SMILES string of the molecule is CCn1nc2c(-c3ccc(Cl)cc3)c(-c3ccc(Cl)cc3)nc(N3CC(C)C3)n2c1=O. The number of rotatable bonds is 4. The second-order valence-electron chi connectivity index (χ2n) is 7.92. The van der Waals surface area contributed by atoms with Crippen molar-refractivity contribution in [1.29, 1.82) is 0 Å². The molecular formula is C23H21Cl2N5O. The van der Waals surface area contributed by atoms with E-state index in [4.69, 9.17) is 33.3 Å². The van der Waals surface area contributed by atoms with E-state index >= 15 is 0 Å². The fourth-order valence-corrected chi connectivity index (χ4v) is 4.29. The Hall–Kier alpha value is -2.83. The Morgan fingerprint density at radius 3 is 2.10 bits per heavy atom. The van der Waals surface area contributed by atoms with Gasteiger partial charge in [0, 0.05) is 35.2 Å². The maximum absolute atomic E-state index is 13.2. The molecule has 0 N–H and O–H groups in total. The van der Waals surface area contributed by atoms with Gasteiger partial charge in [-0.1, -0.05) is 54.4 Å². The Labute approximate surface area is 189 Å². The van der Waals surface area contributed by atoms with Gasteiger partial charge < -0.3 is 4.90 Å². The molecule has 0 atom stereocenters. The molecule has 0 saturated carbocycles. The van der Waals surface area contributed by atoms with E-state index in [-0.39, 0.29) is 5.69 Å². The summed E-state index contributed by atoms with van der Waals surface area (Å²) < 4.78 is 3.12. The molecule has 1 fully saturated rings. The fraction of sp³-hybridized carbons (Fsp3) is 0.261. The van der Waals surface area contributed by atoms with Crippen LogP contribution in [-0.4, -0.2) is 32.3 Å². The average Bonchev–Trinajstić information content (AvgIpc) is 3.08. The fourth-order valence-electron chi connectivity index (χ4n) is 4.04. The highest BCUT2D eigenvalue weighted by molar-refractivity contribution is 6.31. The number of hydrogen-bond acceptors (Lipinski definition) is 4. The third kappa shape index (κ3) is 3.40. The number of benzene rings is 2. The maximum atomic E-state index is 13.2. The third-order valence-electron chi connectivity index (χ3n) is 5.61. The normalized spacial score (nSPS) is 14.3. The molecule has 0 radical (unpaired) electrons. The summed E-state index contributed by atoms with van der Waals surface area (Å²) in [7, 11) is 0. The van der Waals surface area contributed by atoms with E-state index in [0.29, 0.717) is 34.1 Å². The first-order chi connectivity index (χ1) is 15.0. The van der Waals surface area contributed by atoms with Crippen molar-refractivity contribution < 1.29 is 0 Å². The Morgan fingerprint density at radius 2 is 1.55 bits per heavy atom. The highest BCUT2D eigenvalue weighted by Crippen LogP contribution is 2.37. The van der Waals surface area contributed by atoms with Gasteiger partial charge in [0.25, 0.3) is 0 Å². The second kappa shape index (κ2) is 7.70. The van der Waals surface area contributed by atoms with Crippen LogP contribution >= 0.6 is 23.2 Å². The van der Waals surface area contributed by atoms with Gasteiger partial charge in [-0.3, -0.25) is 0 Å². The number of hydrogen-bond donors (Lipinski definition) is 0. The number of fused-ring (bicyclic) bond motifs is 1. The number of anilines is 1. The molecule has 3 heterocycles. The van der Waals surface area contributed by atoms with Gasteiger partial charge in [-0.15, -0.1) is 5.10 Å². The van der Waals surface area contributed by atoms with E-state index in [1.807, 2.05) is 55.5 Å². The van der Waals surface area contributed by atoms with Crippen LogP contribution in [0.4, 0.5) is 5.95 Å². The highest BCUT2D eigenvalue weighted by atomic mass is 35.5. The van der Waals surface area contributed by atoms with Crippen LogP contribution in [0.5, 0.6) is 0 Å². The van der Waals surface area contributed by atoms with Crippen molar-refractivity contribution in [2.24, 2.45) is 5.92 Å². The first-order valence-electron chi connectivity index (χ1n) is 10.3. The van der Waals surface area contributed by atoms with E-state index in [2.05, 4.69) is 11.8 Å². The minimum absolute atomic E-state index is 0.183. The van der Waals surface area contributed by atoms with Crippen LogP contribution in [0.15, 0.2) is 53.3 Å². The quantitative estimate of drug-likeness (QED) is 0.435. The van der Waals surface area contributed by atoms with Crippen molar-refractivity contribution in [2.45, 2.75) is 20.4 Å². The van der Waals surface area contributed by atoms with Gasteiger partial charge in [-0.05, 0) is 42.7 Å². The molecule has 1 saturated heterocycles. The van der Waals surface area contributed by atoms with Gasteiger partial charge in [-0.25, -0.2) is 18.9 Å². The van der Waals surface area contributed by atoms with Gasteiger partial charge in [0.15, 0.2) is 5.65 Å². The summed E-state index contributed by atoms with van der Waals surface area (Å²) in [4.78, 5) is 20.3. The molecule has 2 aromatic heterocycles. The van der Waals surface area contributed by atoms with Crippen LogP contribution in [0.25, 0.3) is 28.0 Å². The van der Waals surface area contributed by atoms with Crippen molar-refractivity contribution in [2.75, 3.05) is 18.0 Å². The lowest BCUT2D eigenvalue weighted by Gasteiger charge is -2.38. The van der Waals surface area contributed by atoms with Gasteiger partial charge >= 0.3 is 5.69 Å². The summed E-state index contributed by atoms with van der Waals surface area (Å²) >= 11 is 12.3. The Kier molecular flexibility index (Phi) is 4.99. The third-order valence-corrected chi connectivity index (χ3v) is 6.11. The molecule has 2 aromatic carbocycles. The molecule has 8 heteroatoms. The van der Waals surface area contributed by atoms with Crippen molar-refractivity contribution in [1.82, 2.24) is 19.2 Å². The summed E-state index contributed by atoms with van der Waals surface area (Å²) in [5, 5.41) is 5.99. The highest BCUT2D eigenvalue weighted by Gasteiger charge is 2.30. The van der Waals surface area contributed by atoms with Crippen molar-refractivity contribution >= 4 is 34.8 Å². The Morgan fingerprint density at radius 1 is 0.968 bits per heavy atom. The van der Waals surface area contributed by atoms with Gasteiger partial charge in [0.1, 0.15) is 0 Å². The summed E-state index contributed by atoms with van der Waals surface area (Å²) in [6, 6.07) is 15.1. The van der Waals surface area contributed by atoms with Crippen LogP contribution in [0, 0.1) is 5.92 Å².